The van der Waals surface area contributed by atoms with Gasteiger partial charge in [0.15, 0.2) is 0 Å². The number of aromatic nitrogens is 1. The van der Waals surface area contributed by atoms with Gasteiger partial charge in [-0.25, -0.2) is 4.39 Å². The molecule has 0 aliphatic carbocycles. The molecule has 0 spiro atoms. The SMILES string of the molecule is COC(=O)C(C)c1ncc(F)cc1Br. The van der Waals surface area contributed by atoms with Crippen molar-refractivity contribution in [1.29, 1.82) is 0 Å². The van der Waals surface area contributed by atoms with Crippen LogP contribution in [0.2, 0.25) is 0 Å². The second kappa shape index (κ2) is 4.50. The summed E-state index contributed by atoms with van der Waals surface area (Å²) < 4.78 is 17.7. The summed E-state index contributed by atoms with van der Waals surface area (Å²) in [5.74, 6) is -1.35. The van der Waals surface area contributed by atoms with Crippen molar-refractivity contribution in [2.24, 2.45) is 0 Å². The maximum absolute atomic E-state index is 12.7. The smallest absolute Gasteiger partial charge is 0.314 e. The van der Waals surface area contributed by atoms with Crippen molar-refractivity contribution in [2.75, 3.05) is 7.11 Å². The molecule has 0 aliphatic heterocycles. The number of hydrogen-bond donors (Lipinski definition) is 0. The van der Waals surface area contributed by atoms with Crippen LogP contribution in [0.3, 0.4) is 0 Å². The largest absolute Gasteiger partial charge is 0.469 e. The fourth-order valence-corrected chi connectivity index (χ4v) is 1.70. The van der Waals surface area contributed by atoms with Crippen molar-refractivity contribution < 1.29 is 13.9 Å². The summed E-state index contributed by atoms with van der Waals surface area (Å²) in [6.45, 7) is 1.65. The molecule has 0 aromatic carbocycles. The summed E-state index contributed by atoms with van der Waals surface area (Å²) in [5, 5.41) is 0. The van der Waals surface area contributed by atoms with E-state index in [1.165, 1.54) is 13.2 Å². The third-order valence-electron chi connectivity index (χ3n) is 1.80. The normalized spacial score (nSPS) is 12.3. The van der Waals surface area contributed by atoms with Crippen LogP contribution in [0.5, 0.6) is 0 Å². The van der Waals surface area contributed by atoms with Crippen molar-refractivity contribution in [1.82, 2.24) is 4.98 Å². The minimum Gasteiger partial charge on any atom is -0.469 e. The summed E-state index contributed by atoms with van der Waals surface area (Å²) in [5.41, 5.74) is 0.471. The lowest BCUT2D eigenvalue weighted by Gasteiger charge is -2.09. The Bertz CT molecular complexity index is 357. The van der Waals surface area contributed by atoms with E-state index in [0.717, 1.165) is 6.20 Å². The Hall–Kier alpha value is -0.970. The van der Waals surface area contributed by atoms with Crippen LogP contribution >= 0.6 is 15.9 Å². The van der Waals surface area contributed by atoms with E-state index >= 15 is 0 Å². The summed E-state index contributed by atoms with van der Waals surface area (Å²) in [4.78, 5) is 15.0. The Morgan fingerprint density at radius 3 is 2.86 bits per heavy atom. The topological polar surface area (TPSA) is 39.2 Å². The van der Waals surface area contributed by atoms with Gasteiger partial charge in [0.25, 0.3) is 0 Å². The van der Waals surface area contributed by atoms with Crippen LogP contribution in [-0.2, 0) is 9.53 Å². The number of halogens is 2. The number of esters is 1. The fourth-order valence-electron chi connectivity index (χ4n) is 1.03. The van der Waals surface area contributed by atoms with Crippen LogP contribution in [0.4, 0.5) is 4.39 Å². The lowest BCUT2D eigenvalue weighted by molar-refractivity contribution is -0.142. The molecule has 0 fully saturated rings. The minimum absolute atomic E-state index is 0.398. The average molecular weight is 262 g/mol. The molecule has 1 rings (SSSR count). The van der Waals surface area contributed by atoms with Crippen LogP contribution < -0.4 is 0 Å². The molecular weight excluding hydrogens is 253 g/mol. The summed E-state index contributed by atoms with van der Waals surface area (Å²) >= 11 is 3.13. The first-order chi connectivity index (χ1) is 6.56. The molecule has 1 atom stereocenters. The molecule has 14 heavy (non-hydrogen) atoms. The van der Waals surface area contributed by atoms with Crippen LogP contribution in [-0.4, -0.2) is 18.1 Å². The van der Waals surface area contributed by atoms with Gasteiger partial charge in [-0.1, -0.05) is 0 Å². The van der Waals surface area contributed by atoms with Gasteiger partial charge < -0.3 is 4.74 Å². The van der Waals surface area contributed by atoms with Crippen LogP contribution in [0, 0.1) is 5.82 Å². The highest BCUT2D eigenvalue weighted by Crippen LogP contribution is 2.23. The Balaban J connectivity index is 3.01. The summed E-state index contributed by atoms with van der Waals surface area (Å²) in [6, 6.07) is 1.27. The molecule has 0 N–H and O–H groups in total. The molecule has 1 aromatic heterocycles. The number of rotatable bonds is 2. The van der Waals surface area contributed by atoms with Gasteiger partial charge in [-0.05, 0) is 28.9 Å². The number of carbonyl (C=O) groups is 1. The zero-order chi connectivity index (χ0) is 10.7. The molecule has 1 unspecified atom stereocenters. The average Bonchev–Trinajstić information content (AvgIpc) is 2.15. The maximum Gasteiger partial charge on any atom is 0.314 e. The molecule has 0 saturated heterocycles. The molecule has 0 aliphatic rings. The van der Waals surface area contributed by atoms with Gasteiger partial charge in [0, 0.05) is 4.47 Å². The molecule has 76 valence electrons. The Labute approximate surface area is 89.4 Å². The second-order valence-corrected chi connectivity index (χ2v) is 3.62. The highest BCUT2D eigenvalue weighted by atomic mass is 79.9. The molecule has 0 saturated carbocycles. The third-order valence-corrected chi connectivity index (χ3v) is 2.44. The van der Waals surface area contributed by atoms with E-state index in [1.807, 2.05) is 0 Å². The lowest BCUT2D eigenvalue weighted by Crippen LogP contribution is -2.12. The highest BCUT2D eigenvalue weighted by molar-refractivity contribution is 9.10. The van der Waals surface area contributed by atoms with Crippen LogP contribution in [0.1, 0.15) is 18.5 Å². The molecular formula is C9H9BrFNO2. The molecule has 0 bridgehead atoms. The number of pyridine rings is 1. The van der Waals surface area contributed by atoms with E-state index in [-0.39, 0.29) is 0 Å². The number of carbonyl (C=O) groups excluding carboxylic acids is 1. The van der Waals surface area contributed by atoms with Crippen molar-refractivity contribution in [2.45, 2.75) is 12.8 Å². The van der Waals surface area contributed by atoms with Gasteiger partial charge in [-0.3, -0.25) is 9.78 Å². The van der Waals surface area contributed by atoms with Gasteiger partial charge in [-0.2, -0.15) is 0 Å². The predicted molar refractivity (Wildman–Crippen MR) is 52.3 cm³/mol. The molecule has 5 heteroatoms. The zero-order valence-corrected chi connectivity index (χ0v) is 9.34. The second-order valence-electron chi connectivity index (χ2n) is 2.77. The molecule has 1 heterocycles. The number of nitrogens with zero attached hydrogens (tertiary/aromatic N) is 1. The van der Waals surface area contributed by atoms with Gasteiger partial charge in [0.1, 0.15) is 5.82 Å². The quantitative estimate of drug-likeness (QED) is 0.767. The van der Waals surface area contributed by atoms with Gasteiger partial charge in [0.2, 0.25) is 0 Å². The van der Waals surface area contributed by atoms with E-state index in [0.29, 0.717) is 10.2 Å². The van der Waals surface area contributed by atoms with Crippen LogP contribution in [0.25, 0.3) is 0 Å². The van der Waals surface area contributed by atoms with Crippen molar-refractivity contribution in [3.63, 3.8) is 0 Å². The molecule has 0 amide bonds. The van der Waals surface area contributed by atoms with E-state index in [2.05, 4.69) is 25.7 Å². The highest BCUT2D eigenvalue weighted by Gasteiger charge is 2.19. The zero-order valence-electron chi connectivity index (χ0n) is 7.75. The first-order valence-corrected chi connectivity index (χ1v) is 4.74. The van der Waals surface area contributed by atoms with E-state index in [4.69, 9.17) is 0 Å². The summed E-state index contributed by atoms with van der Waals surface area (Å²) in [7, 11) is 1.30. The third kappa shape index (κ3) is 2.29. The minimum atomic E-state index is -0.505. The number of ether oxygens (including phenoxy) is 1. The Morgan fingerprint density at radius 2 is 2.36 bits per heavy atom. The van der Waals surface area contributed by atoms with Gasteiger partial charge in [-0.15, -0.1) is 0 Å². The van der Waals surface area contributed by atoms with Gasteiger partial charge in [0.05, 0.1) is 24.9 Å². The molecule has 0 radical (unpaired) electrons. The Kier molecular flexibility index (Phi) is 3.57. The standard InChI is InChI=1S/C9H9BrFNO2/c1-5(9(13)14-2)8-7(10)3-6(11)4-12-8/h3-5H,1-2H3. The maximum atomic E-state index is 12.7. The fraction of sp³-hybridized carbons (Fsp3) is 0.333. The van der Waals surface area contributed by atoms with E-state index < -0.39 is 17.7 Å². The van der Waals surface area contributed by atoms with E-state index in [1.54, 1.807) is 6.92 Å². The Morgan fingerprint density at radius 1 is 1.71 bits per heavy atom. The van der Waals surface area contributed by atoms with E-state index in [9.17, 15) is 9.18 Å². The monoisotopic (exact) mass is 261 g/mol. The first kappa shape index (κ1) is 11.1. The summed E-state index contributed by atoms with van der Waals surface area (Å²) in [6.07, 6.45) is 1.07. The van der Waals surface area contributed by atoms with Gasteiger partial charge >= 0.3 is 5.97 Å². The lowest BCUT2D eigenvalue weighted by atomic mass is 10.1. The first-order valence-electron chi connectivity index (χ1n) is 3.95. The number of hydrogen-bond acceptors (Lipinski definition) is 3. The van der Waals surface area contributed by atoms with Crippen molar-refractivity contribution in [3.05, 3.63) is 28.2 Å². The molecule has 1 aromatic rings. The molecule has 3 nitrogen and oxygen atoms in total. The van der Waals surface area contributed by atoms with Crippen LogP contribution in [0.15, 0.2) is 16.7 Å². The predicted octanol–water partition coefficient (Wildman–Crippen LogP) is 2.26. The number of methoxy groups -OCH3 is 1. The van der Waals surface area contributed by atoms with Crippen molar-refractivity contribution >= 4 is 21.9 Å². The van der Waals surface area contributed by atoms with Crippen molar-refractivity contribution in [3.8, 4) is 0 Å².